The van der Waals surface area contributed by atoms with Crippen LogP contribution in [-0.4, -0.2) is 46.3 Å². The van der Waals surface area contributed by atoms with Crippen molar-refractivity contribution in [1.82, 2.24) is 0 Å². The molecular weight excluding hydrogens is 526 g/mol. The smallest absolute Gasteiger partial charge is 0.302 e. The largest absolute Gasteiger partial charge is 1.00 e. The summed E-state index contributed by atoms with van der Waals surface area (Å²) >= 11 is 0. The van der Waals surface area contributed by atoms with E-state index in [9.17, 15) is 19.8 Å². The van der Waals surface area contributed by atoms with E-state index >= 15 is 0 Å². The molecule has 9 atom stereocenters. The van der Waals surface area contributed by atoms with E-state index in [4.69, 9.17) is 4.74 Å². The van der Waals surface area contributed by atoms with Crippen molar-refractivity contribution in [2.75, 3.05) is 6.54 Å². The van der Waals surface area contributed by atoms with Crippen LogP contribution in [0.1, 0.15) is 97.1 Å². The molecule has 0 bridgehead atoms. The lowest BCUT2D eigenvalue weighted by Crippen LogP contribution is -3.00. The number of carbonyl (C=O) groups excluding carboxylic acids is 2. The Hall–Kier alpha value is -1.73. The fraction of sp³-hybridized carbons (Fsp3) is 0.697. The van der Waals surface area contributed by atoms with Gasteiger partial charge in [-0.3, -0.25) is 9.59 Å². The maximum absolute atomic E-state index is 13.6. The molecule has 4 N–H and O–H groups in total. The van der Waals surface area contributed by atoms with Crippen molar-refractivity contribution in [3.8, 4) is 0 Å². The second-order valence-corrected chi connectivity index (χ2v) is 13.5. The van der Waals surface area contributed by atoms with Gasteiger partial charge >= 0.3 is 5.97 Å². The summed E-state index contributed by atoms with van der Waals surface area (Å²) in [6, 6.07) is 9.56. The summed E-state index contributed by atoms with van der Waals surface area (Å²) in [6.07, 6.45) is 9.29. The van der Waals surface area contributed by atoms with Gasteiger partial charge in [-0.2, -0.15) is 0 Å². The van der Waals surface area contributed by atoms with Crippen molar-refractivity contribution < 1.29 is 42.3 Å². The third kappa shape index (κ3) is 5.30. The zero-order valence-corrected chi connectivity index (χ0v) is 25.3. The minimum atomic E-state index is -1.27. The van der Waals surface area contributed by atoms with Crippen LogP contribution in [0.2, 0.25) is 0 Å². The van der Waals surface area contributed by atoms with E-state index in [1.54, 1.807) is 0 Å². The third-order valence-corrected chi connectivity index (χ3v) is 11.6. The summed E-state index contributed by atoms with van der Waals surface area (Å²) in [5.74, 6) is 1.16. The van der Waals surface area contributed by atoms with E-state index in [0.717, 1.165) is 50.5 Å². The van der Waals surface area contributed by atoms with Gasteiger partial charge in [-0.1, -0.05) is 55.8 Å². The second kappa shape index (κ2) is 11.9. The Morgan fingerprint density at radius 2 is 1.77 bits per heavy atom. The predicted molar refractivity (Wildman–Crippen MR) is 149 cm³/mol. The Morgan fingerprint density at radius 3 is 2.48 bits per heavy atom. The van der Waals surface area contributed by atoms with Gasteiger partial charge < -0.3 is 32.7 Å². The van der Waals surface area contributed by atoms with Crippen LogP contribution in [0.15, 0.2) is 42.0 Å². The fourth-order valence-electron chi connectivity index (χ4n) is 9.20. The molecule has 4 aliphatic carbocycles. The molecule has 222 valence electrons. The van der Waals surface area contributed by atoms with Crippen LogP contribution in [0.4, 0.5) is 0 Å². The molecule has 6 nitrogen and oxygen atoms in total. The molecule has 3 fully saturated rings. The van der Waals surface area contributed by atoms with Crippen LogP contribution in [0.3, 0.4) is 0 Å². The summed E-state index contributed by atoms with van der Waals surface area (Å²) in [7, 11) is 0. The average Bonchev–Trinajstić information content (AvgIpc) is 3.20. The maximum atomic E-state index is 13.6. The molecule has 7 heteroatoms. The minimum Gasteiger partial charge on any atom is -1.00 e. The molecule has 0 saturated heterocycles. The first kappa shape index (κ1) is 31.2. The molecule has 3 saturated carbocycles. The molecule has 9 unspecified atom stereocenters. The third-order valence-electron chi connectivity index (χ3n) is 11.6. The van der Waals surface area contributed by atoms with Crippen molar-refractivity contribution in [2.24, 2.45) is 28.6 Å². The lowest BCUT2D eigenvalue weighted by molar-refractivity contribution is -0.693. The van der Waals surface area contributed by atoms with Crippen LogP contribution in [0.25, 0.3) is 0 Å². The molecule has 0 aromatic heterocycles. The predicted octanol–water partition coefficient (Wildman–Crippen LogP) is 1.26. The highest BCUT2D eigenvalue weighted by Crippen LogP contribution is 2.67. The molecule has 0 spiro atoms. The number of rotatable bonds is 8. The number of quaternary nitrogens is 1. The topological polar surface area (TPSA) is 100 Å². The number of hydrogen-bond donors (Lipinski definition) is 3. The number of halogens is 1. The number of ether oxygens (including phenoxy) is 1. The Morgan fingerprint density at radius 1 is 1.07 bits per heavy atom. The number of hydrogen-bond acceptors (Lipinski definition) is 5. The van der Waals surface area contributed by atoms with E-state index < -0.39 is 17.1 Å². The van der Waals surface area contributed by atoms with Gasteiger partial charge in [-0.15, -0.1) is 0 Å². The van der Waals surface area contributed by atoms with Crippen molar-refractivity contribution >= 4 is 11.8 Å². The zero-order valence-electron chi connectivity index (χ0n) is 24.6. The standard InChI is InChI=1S/C33H47NO5.ClH/c1-21(30(37)23-8-6-5-7-9-23)34-19-15-29(36)33(38)18-14-28-26-11-10-24-20-25(39-22(2)35)12-16-31(24,3)27(26)13-17-32(28,33)4;/h5-10,21,25-28,30,34,37-38H,11-20H2,1-4H3;1H. The van der Waals surface area contributed by atoms with E-state index in [2.05, 4.69) is 19.9 Å². The van der Waals surface area contributed by atoms with Gasteiger partial charge in [0.15, 0.2) is 5.78 Å². The molecule has 4 aliphatic rings. The Balaban J connectivity index is 0.00000370. The average molecular weight is 574 g/mol. The van der Waals surface area contributed by atoms with Crippen LogP contribution < -0.4 is 17.7 Å². The number of esters is 1. The van der Waals surface area contributed by atoms with Crippen LogP contribution in [0, 0.1) is 28.6 Å². The highest BCUT2D eigenvalue weighted by molar-refractivity contribution is 5.88. The lowest BCUT2D eigenvalue weighted by atomic mass is 9.46. The number of fused-ring (bicyclic) bond motifs is 5. The molecule has 5 rings (SSSR count). The molecule has 1 aromatic carbocycles. The number of nitrogens with two attached hydrogens (primary N) is 1. The lowest BCUT2D eigenvalue weighted by Gasteiger charge is -2.58. The van der Waals surface area contributed by atoms with Crippen LogP contribution in [0.5, 0.6) is 0 Å². The maximum Gasteiger partial charge on any atom is 0.302 e. The molecular formula is C33H48ClNO5. The van der Waals surface area contributed by atoms with Crippen molar-refractivity contribution in [2.45, 2.75) is 109 Å². The van der Waals surface area contributed by atoms with Gasteiger partial charge in [0.05, 0.1) is 13.0 Å². The molecule has 40 heavy (non-hydrogen) atoms. The number of Topliss-reactive ketones (excluding diaryl/α,β-unsaturated/α-hetero) is 1. The summed E-state index contributed by atoms with van der Waals surface area (Å²) < 4.78 is 5.58. The Kier molecular flexibility index (Phi) is 9.26. The fourth-order valence-corrected chi connectivity index (χ4v) is 9.20. The van der Waals surface area contributed by atoms with E-state index in [1.165, 1.54) is 12.5 Å². The number of allylic oxidation sites excluding steroid dienone is 1. The summed E-state index contributed by atoms with van der Waals surface area (Å²) in [5.41, 5.74) is 0.798. The van der Waals surface area contributed by atoms with Gasteiger partial charge in [0.2, 0.25) is 0 Å². The van der Waals surface area contributed by atoms with Crippen molar-refractivity contribution in [1.29, 1.82) is 0 Å². The second-order valence-electron chi connectivity index (χ2n) is 13.5. The quantitative estimate of drug-likeness (QED) is 0.321. The van der Waals surface area contributed by atoms with Gasteiger partial charge in [0.25, 0.3) is 0 Å². The van der Waals surface area contributed by atoms with Gasteiger partial charge in [-0.25, -0.2) is 0 Å². The SMILES string of the molecule is CC(=O)OC1CCC2(C)C(=CCC3C2CCC2(C)C3CCC2(O)C(=O)CC[NH2+]C(C)C(O)c2ccccc2)C1.[Cl-]. The van der Waals surface area contributed by atoms with E-state index in [-0.39, 0.29) is 41.7 Å². The highest BCUT2D eigenvalue weighted by atomic mass is 35.5. The molecule has 0 amide bonds. The molecule has 0 heterocycles. The van der Waals surface area contributed by atoms with E-state index in [0.29, 0.717) is 37.1 Å². The molecule has 1 aromatic rings. The first-order valence-electron chi connectivity index (χ1n) is 15.2. The molecule has 0 radical (unpaired) electrons. The zero-order chi connectivity index (χ0) is 28.0. The summed E-state index contributed by atoms with van der Waals surface area (Å²) in [5, 5.41) is 24.7. The number of carbonyl (C=O) groups is 2. The number of aliphatic hydroxyl groups excluding tert-OH is 1. The Labute approximate surface area is 245 Å². The highest BCUT2D eigenvalue weighted by Gasteiger charge is 2.65. The number of benzene rings is 1. The Bertz CT molecular complexity index is 1110. The van der Waals surface area contributed by atoms with Crippen molar-refractivity contribution in [3.63, 3.8) is 0 Å². The van der Waals surface area contributed by atoms with Crippen LogP contribution >= 0.6 is 0 Å². The molecule has 0 aliphatic heterocycles. The van der Waals surface area contributed by atoms with Gasteiger partial charge in [0, 0.05) is 18.8 Å². The van der Waals surface area contributed by atoms with Gasteiger partial charge in [-0.05, 0) is 80.6 Å². The monoisotopic (exact) mass is 573 g/mol. The first-order valence-corrected chi connectivity index (χ1v) is 15.2. The first-order chi connectivity index (χ1) is 18.5. The summed E-state index contributed by atoms with van der Waals surface area (Å²) in [4.78, 5) is 25.2. The van der Waals surface area contributed by atoms with Gasteiger partial charge in [0.1, 0.15) is 23.9 Å². The minimum absolute atomic E-state index is 0. The number of aliphatic hydroxyl groups is 2. The van der Waals surface area contributed by atoms with Crippen LogP contribution in [-0.2, 0) is 14.3 Å². The van der Waals surface area contributed by atoms with E-state index in [1.807, 2.05) is 42.6 Å². The normalized spacial score (nSPS) is 38.0. The van der Waals surface area contributed by atoms with Crippen molar-refractivity contribution in [3.05, 3.63) is 47.5 Å². The summed E-state index contributed by atoms with van der Waals surface area (Å²) in [6.45, 7) is 8.64. The number of ketones is 1.